The minimum atomic E-state index is -0.602. The molecule has 0 radical (unpaired) electrons. The van der Waals surface area contributed by atoms with Crippen LogP contribution in [0.1, 0.15) is 26.3 Å². The second-order valence-corrected chi connectivity index (χ2v) is 7.19. The van der Waals surface area contributed by atoms with E-state index in [2.05, 4.69) is 31.4 Å². The molecule has 152 valence electrons. The second kappa shape index (κ2) is 10.00. The Labute approximate surface area is 185 Å². The van der Waals surface area contributed by atoms with Gasteiger partial charge in [-0.2, -0.15) is 5.10 Å². The predicted octanol–water partition coefficient (Wildman–Crippen LogP) is 4.49. The van der Waals surface area contributed by atoms with Crippen molar-refractivity contribution in [2.75, 3.05) is 7.11 Å². The van der Waals surface area contributed by atoms with Crippen molar-refractivity contribution in [2.24, 2.45) is 5.10 Å². The van der Waals surface area contributed by atoms with Crippen LogP contribution in [-0.2, 0) is 0 Å². The monoisotopic (exact) mass is 487 g/mol. The lowest BCUT2D eigenvalue weighted by atomic mass is 10.2. The first kappa shape index (κ1) is 21.5. The van der Waals surface area contributed by atoms with Crippen LogP contribution in [0.25, 0.3) is 0 Å². The van der Waals surface area contributed by atoms with Crippen molar-refractivity contribution in [1.82, 2.24) is 10.4 Å². The smallest absolute Gasteiger partial charge is 0.345 e. The van der Waals surface area contributed by atoms with Crippen LogP contribution in [-0.4, -0.2) is 30.2 Å². The van der Waals surface area contributed by atoms with Crippen LogP contribution in [0.2, 0.25) is 5.02 Å². The molecule has 0 aliphatic heterocycles. The number of halogens is 2. The minimum Gasteiger partial charge on any atom is -0.493 e. The van der Waals surface area contributed by atoms with Gasteiger partial charge >= 0.3 is 5.97 Å². The topological polar surface area (TPSA) is 89.9 Å². The van der Waals surface area contributed by atoms with Crippen LogP contribution in [0.4, 0.5) is 0 Å². The van der Waals surface area contributed by atoms with E-state index in [9.17, 15) is 9.59 Å². The molecule has 0 spiro atoms. The molecule has 1 aromatic heterocycles. The highest BCUT2D eigenvalue weighted by atomic mass is 79.9. The Balaban J connectivity index is 1.69. The van der Waals surface area contributed by atoms with Gasteiger partial charge in [0, 0.05) is 16.9 Å². The number of nitrogens with one attached hydrogen (secondary N) is 1. The van der Waals surface area contributed by atoms with Crippen molar-refractivity contribution in [3.05, 3.63) is 87.1 Å². The average molecular weight is 489 g/mol. The first-order valence-corrected chi connectivity index (χ1v) is 9.73. The zero-order valence-corrected chi connectivity index (χ0v) is 18.0. The number of methoxy groups -OCH3 is 1. The summed E-state index contributed by atoms with van der Waals surface area (Å²) in [5.41, 5.74) is 3.65. The standard InChI is InChI=1S/C21H15BrClN3O4/c1-29-19-8-13(10-25-26-20(27)14-9-15(22)12-24-11-14)6-7-18(19)30-21(28)16-4-2-3-5-17(16)23/h2-12H,1H3,(H,26,27)/b25-10-. The Hall–Kier alpha value is -3.23. The molecular weight excluding hydrogens is 474 g/mol. The maximum absolute atomic E-state index is 12.3. The lowest BCUT2D eigenvalue weighted by Gasteiger charge is -2.10. The summed E-state index contributed by atoms with van der Waals surface area (Å²) in [5.74, 6) is -0.460. The summed E-state index contributed by atoms with van der Waals surface area (Å²) in [6, 6.07) is 13.1. The SMILES string of the molecule is COc1cc(/C=N\NC(=O)c2cncc(Br)c2)ccc1OC(=O)c1ccccc1Cl. The molecule has 0 bridgehead atoms. The molecule has 30 heavy (non-hydrogen) atoms. The summed E-state index contributed by atoms with van der Waals surface area (Å²) in [4.78, 5) is 28.3. The van der Waals surface area contributed by atoms with E-state index in [1.54, 1.807) is 54.7 Å². The van der Waals surface area contributed by atoms with Gasteiger partial charge in [0.2, 0.25) is 0 Å². The van der Waals surface area contributed by atoms with Crippen LogP contribution in [0.5, 0.6) is 11.5 Å². The van der Waals surface area contributed by atoms with Crippen LogP contribution in [0.15, 0.2) is 70.5 Å². The summed E-state index contributed by atoms with van der Waals surface area (Å²) in [5, 5.41) is 4.22. The zero-order valence-electron chi connectivity index (χ0n) is 15.6. The molecule has 0 atom stereocenters. The maximum Gasteiger partial charge on any atom is 0.345 e. The molecule has 0 unspecified atom stereocenters. The summed E-state index contributed by atoms with van der Waals surface area (Å²) < 4.78 is 11.4. The third-order valence-electron chi connectivity index (χ3n) is 3.83. The van der Waals surface area contributed by atoms with Crippen molar-refractivity contribution in [3.8, 4) is 11.5 Å². The zero-order chi connectivity index (χ0) is 21.5. The first-order chi connectivity index (χ1) is 14.5. The van der Waals surface area contributed by atoms with Crippen molar-refractivity contribution in [3.63, 3.8) is 0 Å². The third kappa shape index (κ3) is 5.43. The normalized spacial score (nSPS) is 10.6. The van der Waals surface area contributed by atoms with Crippen LogP contribution < -0.4 is 14.9 Å². The average Bonchev–Trinajstić information content (AvgIpc) is 2.74. The van der Waals surface area contributed by atoms with Gasteiger partial charge in [-0.1, -0.05) is 23.7 Å². The number of hydrogen-bond acceptors (Lipinski definition) is 6. The molecule has 3 aromatic rings. The molecule has 1 amide bonds. The fraction of sp³-hybridized carbons (Fsp3) is 0.0476. The van der Waals surface area contributed by atoms with Crippen molar-refractivity contribution in [2.45, 2.75) is 0 Å². The Morgan fingerprint density at radius 2 is 1.93 bits per heavy atom. The number of hydrogen-bond donors (Lipinski definition) is 1. The number of rotatable bonds is 6. The molecule has 0 saturated heterocycles. The molecule has 9 heteroatoms. The summed E-state index contributed by atoms with van der Waals surface area (Å²) in [6.45, 7) is 0. The molecule has 3 rings (SSSR count). The quantitative estimate of drug-likeness (QED) is 0.239. The fourth-order valence-corrected chi connectivity index (χ4v) is 2.97. The van der Waals surface area contributed by atoms with Crippen LogP contribution in [0.3, 0.4) is 0 Å². The van der Waals surface area contributed by atoms with Crippen LogP contribution >= 0.6 is 27.5 Å². The molecule has 7 nitrogen and oxygen atoms in total. The van der Waals surface area contributed by atoms with Gasteiger partial charge in [-0.25, -0.2) is 10.2 Å². The summed E-state index contributed by atoms with van der Waals surface area (Å²) >= 11 is 9.29. The number of benzene rings is 2. The fourth-order valence-electron chi connectivity index (χ4n) is 2.40. The van der Waals surface area contributed by atoms with Gasteiger partial charge in [0.15, 0.2) is 11.5 Å². The van der Waals surface area contributed by atoms with Crippen molar-refractivity contribution < 1.29 is 19.1 Å². The van der Waals surface area contributed by atoms with E-state index in [1.807, 2.05) is 0 Å². The maximum atomic E-state index is 12.3. The van der Waals surface area contributed by atoms with Crippen molar-refractivity contribution in [1.29, 1.82) is 0 Å². The van der Waals surface area contributed by atoms with Gasteiger partial charge in [0.25, 0.3) is 5.91 Å². The van der Waals surface area contributed by atoms with E-state index in [0.717, 1.165) is 0 Å². The van der Waals surface area contributed by atoms with Gasteiger partial charge in [0.05, 0.1) is 29.5 Å². The van der Waals surface area contributed by atoms with Crippen LogP contribution in [0, 0.1) is 0 Å². The van der Waals surface area contributed by atoms with E-state index >= 15 is 0 Å². The molecule has 1 heterocycles. The number of pyridine rings is 1. The molecule has 0 aliphatic rings. The Bertz CT molecular complexity index is 1120. The van der Waals surface area contributed by atoms with E-state index in [4.69, 9.17) is 21.1 Å². The third-order valence-corrected chi connectivity index (χ3v) is 4.59. The Morgan fingerprint density at radius 3 is 2.67 bits per heavy atom. The largest absolute Gasteiger partial charge is 0.493 e. The van der Waals surface area contributed by atoms with Gasteiger partial charge in [-0.3, -0.25) is 9.78 Å². The number of nitrogens with zero attached hydrogens (tertiary/aromatic N) is 2. The molecule has 0 fully saturated rings. The number of amides is 1. The number of carbonyl (C=O) groups is 2. The van der Waals surface area contributed by atoms with E-state index in [1.165, 1.54) is 19.5 Å². The number of carbonyl (C=O) groups excluding carboxylic acids is 2. The molecular formula is C21H15BrClN3O4. The van der Waals surface area contributed by atoms with E-state index in [0.29, 0.717) is 26.4 Å². The summed E-state index contributed by atoms with van der Waals surface area (Å²) in [7, 11) is 1.45. The van der Waals surface area contributed by atoms with Crippen molar-refractivity contribution >= 4 is 45.6 Å². The van der Waals surface area contributed by atoms with E-state index < -0.39 is 11.9 Å². The molecule has 2 aromatic carbocycles. The number of hydrazone groups is 1. The summed E-state index contributed by atoms with van der Waals surface area (Å²) in [6.07, 6.45) is 4.44. The molecule has 0 aliphatic carbocycles. The van der Waals surface area contributed by atoms with Gasteiger partial charge < -0.3 is 9.47 Å². The highest BCUT2D eigenvalue weighted by molar-refractivity contribution is 9.10. The van der Waals surface area contributed by atoms with Gasteiger partial charge in [-0.05, 0) is 57.9 Å². The molecule has 0 saturated carbocycles. The second-order valence-electron chi connectivity index (χ2n) is 5.87. The number of aromatic nitrogens is 1. The highest BCUT2D eigenvalue weighted by Gasteiger charge is 2.15. The predicted molar refractivity (Wildman–Crippen MR) is 116 cm³/mol. The first-order valence-electron chi connectivity index (χ1n) is 8.56. The minimum absolute atomic E-state index is 0.226. The van der Waals surface area contributed by atoms with Gasteiger partial charge in [-0.15, -0.1) is 0 Å². The van der Waals surface area contributed by atoms with Gasteiger partial charge in [0.1, 0.15) is 0 Å². The lowest BCUT2D eigenvalue weighted by molar-refractivity contribution is 0.0729. The Morgan fingerprint density at radius 1 is 1.13 bits per heavy atom. The molecule has 1 N–H and O–H groups in total. The van der Waals surface area contributed by atoms with E-state index in [-0.39, 0.29) is 11.3 Å². The Kier molecular flexibility index (Phi) is 7.16. The number of ether oxygens (including phenoxy) is 2. The highest BCUT2D eigenvalue weighted by Crippen LogP contribution is 2.29. The lowest BCUT2D eigenvalue weighted by Crippen LogP contribution is -2.17. The number of esters is 1.